The molecule has 174 valence electrons. The molecule has 2 aromatic carbocycles. The number of benzene rings is 2. The fourth-order valence-electron chi connectivity index (χ4n) is 3.03. The van der Waals surface area contributed by atoms with E-state index in [-0.39, 0.29) is 29.5 Å². The van der Waals surface area contributed by atoms with Gasteiger partial charge in [-0.2, -0.15) is 0 Å². The van der Waals surface area contributed by atoms with Crippen LogP contribution in [0.3, 0.4) is 0 Å². The first kappa shape index (κ1) is 25.4. The summed E-state index contributed by atoms with van der Waals surface area (Å²) in [5.74, 6) is 0.288. The summed E-state index contributed by atoms with van der Waals surface area (Å²) in [5.41, 5.74) is 1.01. The third kappa shape index (κ3) is 6.86. The lowest BCUT2D eigenvalue weighted by atomic mass is 10.0. The summed E-state index contributed by atoms with van der Waals surface area (Å²) in [4.78, 5) is 25.1. The highest BCUT2D eigenvalue weighted by Crippen LogP contribution is 2.26. The summed E-state index contributed by atoms with van der Waals surface area (Å²) in [7, 11) is 1.80. The Morgan fingerprint density at radius 2 is 1.64 bits per heavy atom. The first-order valence-corrected chi connectivity index (χ1v) is 12.1. The van der Waals surface area contributed by atoms with Gasteiger partial charge in [-0.25, -0.2) is 0 Å². The lowest BCUT2D eigenvalue weighted by Crippen LogP contribution is -2.33. The molecule has 0 aliphatic heterocycles. The summed E-state index contributed by atoms with van der Waals surface area (Å²) in [6.07, 6.45) is 0. The molecule has 3 rings (SSSR count). The number of thioether (sulfide) groups is 1. The van der Waals surface area contributed by atoms with Gasteiger partial charge < -0.3 is 15.2 Å². The van der Waals surface area contributed by atoms with E-state index >= 15 is 0 Å². The number of carbonyl (C=O) groups excluding carboxylic acids is 2. The molecule has 1 heterocycles. The van der Waals surface area contributed by atoms with Gasteiger partial charge in [-0.15, -0.1) is 10.2 Å². The molecule has 2 N–H and O–H groups in total. The second kappa shape index (κ2) is 11.2. The normalized spacial score (nSPS) is 12.0. The summed E-state index contributed by atoms with van der Waals surface area (Å²) in [5, 5.41) is 16.2. The zero-order valence-corrected chi connectivity index (χ0v) is 21.2. The standard InChI is InChI=1S/C22H22Cl3N5O2S/c1-12(2)19(27-21(32)13-4-6-14(23)7-5-13)20-28-29-22(30(20)3)33-11-18(31)26-17-9-15(24)8-16(25)10-17/h4-10,12,19H,11H2,1-3H3,(H,26,31)(H,27,32)/t19-/m0/s1. The monoisotopic (exact) mass is 525 g/mol. The molecular weight excluding hydrogens is 505 g/mol. The Hall–Kier alpha value is -2.26. The summed E-state index contributed by atoms with van der Waals surface area (Å²) in [6.45, 7) is 3.97. The Morgan fingerprint density at radius 3 is 2.24 bits per heavy atom. The molecule has 0 saturated heterocycles. The largest absolute Gasteiger partial charge is 0.342 e. The van der Waals surface area contributed by atoms with Gasteiger partial charge in [0, 0.05) is 33.4 Å². The summed E-state index contributed by atoms with van der Waals surface area (Å²) >= 11 is 19.1. The van der Waals surface area contributed by atoms with Crippen LogP contribution < -0.4 is 10.6 Å². The van der Waals surface area contributed by atoms with Crippen LogP contribution in [0.4, 0.5) is 5.69 Å². The minimum Gasteiger partial charge on any atom is -0.342 e. The van der Waals surface area contributed by atoms with Crippen molar-refractivity contribution in [1.82, 2.24) is 20.1 Å². The Kier molecular flexibility index (Phi) is 8.64. The molecule has 0 radical (unpaired) electrons. The van der Waals surface area contributed by atoms with Crippen LogP contribution in [-0.4, -0.2) is 32.3 Å². The predicted octanol–water partition coefficient (Wildman–Crippen LogP) is 5.63. The Morgan fingerprint density at radius 1 is 1.00 bits per heavy atom. The topological polar surface area (TPSA) is 88.9 Å². The molecule has 7 nitrogen and oxygen atoms in total. The smallest absolute Gasteiger partial charge is 0.251 e. The average molecular weight is 527 g/mol. The number of carbonyl (C=O) groups is 2. The molecule has 1 atom stereocenters. The van der Waals surface area contributed by atoms with Crippen molar-refractivity contribution >= 4 is 64.1 Å². The fourth-order valence-corrected chi connectivity index (χ4v) is 4.40. The van der Waals surface area contributed by atoms with Crippen molar-refractivity contribution < 1.29 is 9.59 Å². The number of anilines is 1. The average Bonchev–Trinajstić information content (AvgIpc) is 3.10. The molecular formula is C22H22Cl3N5O2S. The maximum Gasteiger partial charge on any atom is 0.251 e. The quantitative estimate of drug-likeness (QED) is 0.371. The highest BCUT2D eigenvalue weighted by molar-refractivity contribution is 7.99. The highest BCUT2D eigenvalue weighted by Gasteiger charge is 2.25. The van der Waals surface area contributed by atoms with Crippen LogP contribution in [0, 0.1) is 5.92 Å². The fraction of sp³-hybridized carbons (Fsp3) is 0.273. The number of halogens is 3. The predicted molar refractivity (Wildman–Crippen MR) is 133 cm³/mol. The minimum absolute atomic E-state index is 0.0536. The molecule has 0 fully saturated rings. The second-order valence-corrected chi connectivity index (χ2v) is 9.85. The molecule has 0 spiro atoms. The molecule has 0 bridgehead atoms. The first-order valence-electron chi connectivity index (χ1n) is 9.98. The van der Waals surface area contributed by atoms with Crippen molar-refractivity contribution in [3.8, 4) is 0 Å². The van der Waals surface area contributed by atoms with Crippen molar-refractivity contribution in [2.24, 2.45) is 13.0 Å². The van der Waals surface area contributed by atoms with Crippen LogP contribution >= 0.6 is 46.6 Å². The van der Waals surface area contributed by atoms with Gasteiger partial charge in [0.1, 0.15) is 0 Å². The van der Waals surface area contributed by atoms with E-state index < -0.39 is 0 Å². The Balaban J connectivity index is 1.66. The zero-order valence-electron chi connectivity index (χ0n) is 18.1. The molecule has 1 aromatic heterocycles. The molecule has 11 heteroatoms. The molecule has 0 saturated carbocycles. The third-order valence-corrected chi connectivity index (χ3v) is 6.39. The van der Waals surface area contributed by atoms with Crippen molar-refractivity contribution in [2.75, 3.05) is 11.1 Å². The number of amides is 2. The van der Waals surface area contributed by atoms with E-state index in [4.69, 9.17) is 34.8 Å². The molecule has 3 aromatic rings. The first-order chi connectivity index (χ1) is 15.6. The van der Waals surface area contributed by atoms with Crippen LogP contribution in [-0.2, 0) is 11.8 Å². The van der Waals surface area contributed by atoms with Gasteiger partial charge in [-0.05, 0) is 48.4 Å². The van der Waals surface area contributed by atoms with Gasteiger partial charge in [0.15, 0.2) is 11.0 Å². The van der Waals surface area contributed by atoms with E-state index in [1.54, 1.807) is 54.1 Å². The highest BCUT2D eigenvalue weighted by atomic mass is 35.5. The van der Waals surface area contributed by atoms with Gasteiger partial charge in [0.05, 0.1) is 11.8 Å². The second-order valence-electron chi connectivity index (χ2n) is 7.60. The lowest BCUT2D eigenvalue weighted by molar-refractivity contribution is -0.113. The maximum absolute atomic E-state index is 12.7. The number of aromatic nitrogens is 3. The van der Waals surface area contributed by atoms with Crippen LogP contribution in [0.15, 0.2) is 47.6 Å². The molecule has 0 unspecified atom stereocenters. The molecule has 0 aliphatic carbocycles. The molecule has 33 heavy (non-hydrogen) atoms. The Labute approximate surface area is 211 Å². The minimum atomic E-state index is -0.373. The van der Waals surface area contributed by atoms with Crippen molar-refractivity contribution in [3.05, 3.63) is 68.9 Å². The van der Waals surface area contributed by atoms with Gasteiger partial charge in [-0.1, -0.05) is 60.4 Å². The SMILES string of the molecule is CC(C)[C@H](NC(=O)c1ccc(Cl)cc1)c1nnc(SCC(=O)Nc2cc(Cl)cc(Cl)c2)n1C. The Bertz CT molecular complexity index is 1130. The van der Waals surface area contributed by atoms with Gasteiger partial charge in [0.2, 0.25) is 5.91 Å². The summed E-state index contributed by atoms with van der Waals surface area (Å²) in [6, 6.07) is 11.1. The van der Waals surface area contributed by atoms with Gasteiger partial charge >= 0.3 is 0 Å². The van der Waals surface area contributed by atoms with E-state index in [1.807, 2.05) is 13.8 Å². The zero-order chi connectivity index (χ0) is 24.1. The maximum atomic E-state index is 12.7. The van der Waals surface area contributed by atoms with E-state index in [2.05, 4.69) is 20.8 Å². The van der Waals surface area contributed by atoms with E-state index in [0.29, 0.717) is 37.3 Å². The van der Waals surface area contributed by atoms with Crippen molar-refractivity contribution in [2.45, 2.75) is 25.0 Å². The number of rotatable bonds is 8. The van der Waals surface area contributed by atoms with Crippen molar-refractivity contribution in [3.63, 3.8) is 0 Å². The van der Waals surface area contributed by atoms with Crippen LogP contribution in [0.2, 0.25) is 15.1 Å². The number of hydrogen-bond donors (Lipinski definition) is 2. The third-order valence-electron chi connectivity index (χ3n) is 4.69. The van der Waals surface area contributed by atoms with Crippen LogP contribution in [0.25, 0.3) is 0 Å². The van der Waals surface area contributed by atoms with Crippen LogP contribution in [0.5, 0.6) is 0 Å². The van der Waals surface area contributed by atoms with E-state index in [1.165, 1.54) is 11.8 Å². The van der Waals surface area contributed by atoms with Crippen molar-refractivity contribution in [1.29, 1.82) is 0 Å². The number of nitrogens with one attached hydrogen (secondary N) is 2. The number of nitrogens with zero attached hydrogens (tertiary/aromatic N) is 3. The van der Waals surface area contributed by atoms with Gasteiger partial charge in [-0.3, -0.25) is 9.59 Å². The van der Waals surface area contributed by atoms with Gasteiger partial charge in [0.25, 0.3) is 5.91 Å². The molecule has 0 aliphatic rings. The molecule has 2 amide bonds. The lowest BCUT2D eigenvalue weighted by Gasteiger charge is -2.21. The van der Waals surface area contributed by atoms with Crippen LogP contribution in [0.1, 0.15) is 36.1 Å². The van der Waals surface area contributed by atoms with E-state index in [0.717, 1.165) is 0 Å². The van der Waals surface area contributed by atoms with E-state index in [9.17, 15) is 9.59 Å². The number of hydrogen-bond acceptors (Lipinski definition) is 5. The summed E-state index contributed by atoms with van der Waals surface area (Å²) < 4.78 is 1.78.